The molecule has 4 heteroatoms. The van der Waals surface area contributed by atoms with Gasteiger partial charge in [-0.1, -0.05) is 42.5 Å². The molecule has 2 rings (SSSR count). The first-order valence-corrected chi connectivity index (χ1v) is 8.32. The number of likely N-dealkylation sites (tertiary alicyclic amines) is 1. The van der Waals surface area contributed by atoms with Gasteiger partial charge in [0, 0.05) is 26.8 Å². The lowest BCUT2D eigenvalue weighted by atomic mass is 9.76. The largest absolute Gasteiger partial charge is 0.481 e. The van der Waals surface area contributed by atoms with Crippen molar-refractivity contribution in [3.63, 3.8) is 0 Å². The van der Waals surface area contributed by atoms with Crippen molar-refractivity contribution in [2.75, 3.05) is 33.4 Å². The van der Waals surface area contributed by atoms with Gasteiger partial charge in [0.15, 0.2) is 0 Å². The molecule has 1 saturated heterocycles. The average Bonchev–Trinajstić information content (AvgIpc) is 2.56. The fourth-order valence-corrected chi connectivity index (χ4v) is 3.33. The number of hydrogen-bond acceptors (Lipinski definition) is 3. The Morgan fingerprint density at radius 1 is 1.39 bits per heavy atom. The molecule has 0 spiro atoms. The van der Waals surface area contributed by atoms with Gasteiger partial charge in [0.05, 0.1) is 5.41 Å². The van der Waals surface area contributed by atoms with Gasteiger partial charge in [-0.25, -0.2) is 0 Å². The summed E-state index contributed by atoms with van der Waals surface area (Å²) in [4.78, 5) is 14.1. The highest BCUT2D eigenvalue weighted by atomic mass is 16.5. The number of carboxylic acids is 1. The summed E-state index contributed by atoms with van der Waals surface area (Å²) in [6.07, 6.45) is 7.43. The lowest BCUT2D eigenvalue weighted by molar-refractivity contribution is -0.153. The summed E-state index contributed by atoms with van der Waals surface area (Å²) in [6.45, 7) is 3.03. The van der Waals surface area contributed by atoms with Crippen LogP contribution >= 0.6 is 0 Å². The summed E-state index contributed by atoms with van der Waals surface area (Å²) in [5.41, 5.74) is 0.561. The first-order valence-electron chi connectivity index (χ1n) is 8.32. The molecule has 1 N–H and O–H groups in total. The molecular formula is C19H27NO3. The highest BCUT2D eigenvalue weighted by Gasteiger charge is 2.41. The van der Waals surface area contributed by atoms with E-state index in [-0.39, 0.29) is 0 Å². The molecular weight excluding hydrogens is 290 g/mol. The van der Waals surface area contributed by atoms with E-state index in [1.54, 1.807) is 7.11 Å². The summed E-state index contributed by atoms with van der Waals surface area (Å²) >= 11 is 0. The van der Waals surface area contributed by atoms with Crippen molar-refractivity contribution in [3.05, 3.63) is 42.0 Å². The molecule has 1 aromatic carbocycles. The third-order valence-corrected chi connectivity index (χ3v) is 4.59. The standard InChI is InChI=1S/C19H27NO3/c1-23-15-7-12-19(18(21)22)11-6-14-20(16-19)13-5-10-17-8-3-2-4-9-17/h2-5,8-10H,6-7,11-16H2,1H3,(H,21,22). The molecule has 1 fully saturated rings. The van der Waals surface area contributed by atoms with E-state index in [0.29, 0.717) is 19.6 Å². The van der Waals surface area contributed by atoms with Crippen LogP contribution in [0.2, 0.25) is 0 Å². The third-order valence-electron chi connectivity index (χ3n) is 4.59. The van der Waals surface area contributed by atoms with Crippen molar-refractivity contribution >= 4 is 12.0 Å². The Kier molecular flexibility index (Phi) is 6.81. The van der Waals surface area contributed by atoms with Crippen LogP contribution in [0.1, 0.15) is 31.2 Å². The van der Waals surface area contributed by atoms with Gasteiger partial charge in [0.25, 0.3) is 0 Å². The van der Waals surface area contributed by atoms with E-state index in [1.165, 1.54) is 5.56 Å². The number of rotatable bonds is 8. The maximum Gasteiger partial charge on any atom is 0.310 e. The number of carbonyl (C=O) groups is 1. The van der Waals surface area contributed by atoms with Crippen LogP contribution < -0.4 is 0 Å². The van der Waals surface area contributed by atoms with E-state index >= 15 is 0 Å². The molecule has 0 radical (unpaired) electrons. The molecule has 0 aliphatic carbocycles. The van der Waals surface area contributed by atoms with Crippen molar-refractivity contribution in [1.82, 2.24) is 4.90 Å². The summed E-state index contributed by atoms with van der Waals surface area (Å²) in [6, 6.07) is 10.2. The highest BCUT2D eigenvalue weighted by Crippen LogP contribution is 2.35. The second-order valence-electron chi connectivity index (χ2n) is 6.33. The number of piperidine rings is 1. The van der Waals surface area contributed by atoms with Crippen LogP contribution in [0.15, 0.2) is 36.4 Å². The molecule has 1 aliphatic rings. The molecule has 1 unspecified atom stereocenters. The van der Waals surface area contributed by atoms with Crippen LogP contribution in [-0.4, -0.2) is 49.3 Å². The summed E-state index contributed by atoms with van der Waals surface area (Å²) < 4.78 is 5.08. The second-order valence-corrected chi connectivity index (χ2v) is 6.33. The Hall–Kier alpha value is -1.65. The molecule has 0 saturated carbocycles. The molecule has 1 aromatic rings. The minimum absolute atomic E-state index is 0.614. The van der Waals surface area contributed by atoms with Gasteiger partial charge in [-0.15, -0.1) is 0 Å². The summed E-state index contributed by atoms with van der Waals surface area (Å²) in [5, 5.41) is 9.72. The van der Waals surface area contributed by atoms with Crippen molar-refractivity contribution in [2.24, 2.45) is 5.41 Å². The molecule has 4 nitrogen and oxygen atoms in total. The van der Waals surface area contributed by atoms with Gasteiger partial charge in [0.2, 0.25) is 0 Å². The van der Waals surface area contributed by atoms with Crippen LogP contribution in [0.25, 0.3) is 6.08 Å². The highest BCUT2D eigenvalue weighted by molar-refractivity contribution is 5.75. The van der Waals surface area contributed by atoms with Crippen LogP contribution in [0.5, 0.6) is 0 Å². The molecule has 0 bridgehead atoms. The van der Waals surface area contributed by atoms with Crippen molar-refractivity contribution in [3.8, 4) is 0 Å². The van der Waals surface area contributed by atoms with Crippen LogP contribution in [0, 0.1) is 5.41 Å². The fraction of sp³-hybridized carbons (Fsp3) is 0.526. The molecule has 126 valence electrons. The molecule has 1 aliphatic heterocycles. The lowest BCUT2D eigenvalue weighted by Gasteiger charge is -2.39. The monoisotopic (exact) mass is 317 g/mol. The molecule has 23 heavy (non-hydrogen) atoms. The van der Waals surface area contributed by atoms with Gasteiger partial charge >= 0.3 is 5.97 Å². The van der Waals surface area contributed by atoms with Crippen LogP contribution in [-0.2, 0) is 9.53 Å². The van der Waals surface area contributed by atoms with Crippen LogP contribution in [0.3, 0.4) is 0 Å². The average molecular weight is 317 g/mol. The summed E-state index contributed by atoms with van der Waals surface area (Å²) in [7, 11) is 1.66. The van der Waals surface area contributed by atoms with Gasteiger partial charge in [-0.3, -0.25) is 9.69 Å². The smallest absolute Gasteiger partial charge is 0.310 e. The predicted molar refractivity (Wildman–Crippen MR) is 92.3 cm³/mol. The Morgan fingerprint density at radius 3 is 2.87 bits per heavy atom. The Balaban J connectivity index is 1.92. The Bertz CT molecular complexity index is 515. The van der Waals surface area contributed by atoms with E-state index in [9.17, 15) is 9.90 Å². The number of methoxy groups -OCH3 is 1. The first kappa shape index (κ1) is 17.7. The predicted octanol–water partition coefficient (Wildman–Crippen LogP) is 3.29. The zero-order chi connectivity index (χ0) is 16.5. The van der Waals surface area contributed by atoms with Gasteiger partial charge in [-0.2, -0.15) is 0 Å². The number of carboxylic acid groups (broad SMARTS) is 1. The van der Waals surface area contributed by atoms with Crippen molar-refractivity contribution in [1.29, 1.82) is 0 Å². The van der Waals surface area contributed by atoms with E-state index in [2.05, 4.69) is 29.2 Å². The quantitative estimate of drug-likeness (QED) is 0.748. The minimum atomic E-state index is -0.662. The number of benzene rings is 1. The van der Waals surface area contributed by atoms with Gasteiger partial charge in [0.1, 0.15) is 0 Å². The Morgan fingerprint density at radius 2 is 2.17 bits per heavy atom. The normalized spacial score (nSPS) is 22.5. The van der Waals surface area contributed by atoms with Crippen LogP contribution in [0.4, 0.5) is 0 Å². The maximum absolute atomic E-state index is 11.8. The Labute approximate surface area is 138 Å². The molecule has 0 amide bonds. The number of aliphatic carboxylic acids is 1. The summed E-state index contributed by atoms with van der Waals surface area (Å²) in [5.74, 6) is -0.662. The third kappa shape index (κ3) is 5.19. The molecule has 1 atom stereocenters. The van der Waals surface area contributed by atoms with Crippen molar-refractivity contribution in [2.45, 2.75) is 25.7 Å². The number of nitrogens with zero attached hydrogens (tertiary/aromatic N) is 1. The lowest BCUT2D eigenvalue weighted by Crippen LogP contribution is -2.48. The van der Waals surface area contributed by atoms with E-state index in [1.807, 2.05) is 18.2 Å². The zero-order valence-corrected chi connectivity index (χ0v) is 13.9. The number of hydrogen-bond donors (Lipinski definition) is 1. The number of ether oxygens (including phenoxy) is 1. The topological polar surface area (TPSA) is 49.8 Å². The van der Waals surface area contributed by atoms with E-state index in [0.717, 1.165) is 32.4 Å². The van der Waals surface area contributed by atoms with E-state index < -0.39 is 11.4 Å². The van der Waals surface area contributed by atoms with E-state index in [4.69, 9.17) is 4.74 Å². The van der Waals surface area contributed by atoms with Gasteiger partial charge in [-0.05, 0) is 37.8 Å². The SMILES string of the molecule is COCCCC1(C(=O)O)CCCN(CC=Cc2ccccc2)C1. The first-order chi connectivity index (χ1) is 11.2. The second kappa shape index (κ2) is 8.85. The fourth-order valence-electron chi connectivity index (χ4n) is 3.33. The molecule has 0 aromatic heterocycles. The van der Waals surface area contributed by atoms with Crippen molar-refractivity contribution < 1.29 is 14.6 Å². The zero-order valence-electron chi connectivity index (χ0n) is 13.9. The maximum atomic E-state index is 11.8. The molecule has 1 heterocycles. The van der Waals surface area contributed by atoms with Gasteiger partial charge < -0.3 is 9.84 Å². The minimum Gasteiger partial charge on any atom is -0.481 e.